The van der Waals surface area contributed by atoms with Crippen molar-refractivity contribution in [1.29, 1.82) is 0 Å². The van der Waals surface area contributed by atoms with Gasteiger partial charge in [0.25, 0.3) is 5.91 Å². The molecule has 0 spiro atoms. The maximum atomic E-state index is 13.6. The Morgan fingerprint density at radius 1 is 1.08 bits per heavy atom. The van der Waals surface area contributed by atoms with Crippen LogP contribution in [0.3, 0.4) is 0 Å². The molecule has 210 valence electrons. The molecule has 1 aromatic carbocycles. The number of tetrazole rings is 1. The number of rotatable bonds is 8. The molecule has 0 unspecified atom stereocenters. The van der Waals surface area contributed by atoms with Crippen LogP contribution in [0.5, 0.6) is 0 Å². The molecule has 7 nitrogen and oxygen atoms in total. The van der Waals surface area contributed by atoms with Gasteiger partial charge in [0.1, 0.15) is 0 Å². The van der Waals surface area contributed by atoms with Crippen molar-refractivity contribution >= 4 is 5.91 Å². The Balaban J connectivity index is 1.53. The predicted octanol–water partition coefficient (Wildman–Crippen LogP) is 6.61. The van der Waals surface area contributed by atoms with E-state index in [2.05, 4.69) is 89.4 Å². The molecule has 0 bridgehead atoms. The van der Waals surface area contributed by atoms with E-state index in [0.717, 1.165) is 17.8 Å². The Kier molecular flexibility index (Phi) is 7.23. The maximum absolute atomic E-state index is 13.6. The van der Waals surface area contributed by atoms with Crippen molar-refractivity contribution in [3.05, 3.63) is 52.5 Å². The molecule has 0 radical (unpaired) electrons. The number of hydrogen-bond donors (Lipinski definition) is 2. The van der Waals surface area contributed by atoms with Gasteiger partial charge in [0.2, 0.25) is 0 Å². The number of nitrogens with zero attached hydrogens (tertiary/aromatic N) is 4. The standard InChI is InChI=1S/C32H46N6O/c1-21-26(28(39)33-20-31(5,6)29-34-36-37-35-29)18-27(38(21)19-22-11-9-8-10-12-22)23-15-24(30(2,3)4)17-25(16-23)32(7)13-14-32/h15-18,22H,8-14,19-20H2,1-7H3,(H,33,39)(H,34,35,36,37). The summed E-state index contributed by atoms with van der Waals surface area (Å²) in [6, 6.07) is 9.32. The second-order valence-electron chi connectivity index (χ2n) is 14.1. The average Bonchev–Trinajstić information content (AvgIpc) is 3.27. The molecule has 1 amide bonds. The largest absolute Gasteiger partial charge is 0.351 e. The molecular weight excluding hydrogens is 484 g/mol. The van der Waals surface area contributed by atoms with Gasteiger partial charge in [-0.15, -0.1) is 5.10 Å². The van der Waals surface area contributed by atoms with Crippen molar-refractivity contribution in [3.63, 3.8) is 0 Å². The quantitative estimate of drug-likeness (QED) is 0.343. The lowest BCUT2D eigenvalue weighted by molar-refractivity contribution is 0.0944. The van der Waals surface area contributed by atoms with Crippen LogP contribution in [0.1, 0.15) is 119 Å². The molecule has 2 saturated carbocycles. The van der Waals surface area contributed by atoms with Crippen LogP contribution in [-0.2, 0) is 22.8 Å². The highest BCUT2D eigenvalue weighted by molar-refractivity contribution is 5.97. The third-order valence-electron chi connectivity index (χ3n) is 9.25. The SMILES string of the molecule is Cc1c(C(=O)NCC(C)(C)c2nnn[nH]2)cc(-c2cc(C(C)(C)C)cc(C3(C)CC3)c2)n1CC1CCCCC1. The molecule has 2 aliphatic rings. The molecule has 0 aliphatic heterocycles. The van der Waals surface area contributed by atoms with E-state index in [0.29, 0.717) is 18.3 Å². The summed E-state index contributed by atoms with van der Waals surface area (Å²) in [5.41, 5.74) is 6.91. The molecule has 0 saturated heterocycles. The smallest absolute Gasteiger partial charge is 0.253 e. The summed E-state index contributed by atoms with van der Waals surface area (Å²) < 4.78 is 2.44. The summed E-state index contributed by atoms with van der Waals surface area (Å²) in [4.78, 5) is 13.6. The summed E-state index contributed by atoms with van der Waals surface area (Å²) >= 11 is 0. The average molecular weight is 531 g/mol. The number of H-pyrrole nitrogens is 1. The lowest BCUT2D eigenvalue weighted by Gasteiger charge is -2.26. The third-order valence-corrected chi connectivity index (χ3v) is 9.25. The number of carbonyl (C=O) groups is 1. The minimum atomic E-state index is -0.407. The first-order valence-electron chi connectivity index (χ1n) is 14.8. The first kappa shape index (κ1) is 27.6. The zero-order valence-corrected chi connectivity index (χ0v) is 24.9. The van der Waals surface area contributed by atoms with E-state index in [1.54, 1.807) is 0 Å². The Labute approximate surface area is 233 Å². The number of benzene rings is 1. The van der Waals surface area contributed by atoms with Crippen LogP contribution >= 0.6 is 0 Å². The number of aromatic nitrogens is 5. The highest BCUT2D eigenvalue weighted by Crippen LogP contribution is 2.49. The van der Waals surface area contributed by atoms with Gasteiger partial charge in [-0.2, -0.15) is 0 Å². The van der Waals surface area contributed by atoms with Crippen molar-refractivity contribution < 1.29 is 4.79 Å². The molecule has 7 heteroatoms. The van der Waals surface area contributed by atoms with Gasteiger partial charge in [-0.3, -0.25) is 4.79 Å². The fourth-order valence-electron chi connectivity index (χ4n) is 5.94. The zero-order chi connectivity index (χ0) is 28.0. The number of amides is 1. The van der Waals surface area contributed by atoms with E-state index in [9.17, 15) is 4.79 Å². The summed E-state index contributed by atoms with van der Waals surface area (Å²) in [6.07, 6.45) is 8.97. The van der Waals surface area contributed by atoms with Crippen LogP contribution < -0.4 is 5.32 Å². The topological polar surface area (TPSA) is 88.5 Å². The van der Waals surface area contributed by atoms with Gasteiger partial charge in [-0.05, 0) is 94.7 Å². The summed E-state index contributed by atoms with van der Waals surface area (Å²) in [5, 5.41) is 17.5. The predicted molar refractivity (Wildman–Crippen MR) is 156 cm³/mol. The third kappa shape index (κ3) is 5.82. The van der Waals surface area contributed by atoms with Crippen molar-refractivity contribution in [3.8, 4) is 11.3 Å². The number of carbonyl (C=O) groups excluding carboxylic acids is 1. The normalized spacial score (nSPS) is 17.8. The van der Waals surface area contributed by atoms with Crippen molar-refractivity contribution in [2.75, 3.05) is 6.54 Å². The molecule has 2 N–H and O–H groups in total. The molecule has 0 atom stereocenters. The van der Waals surface area contributed by atoms with Gasteiger partial charge < -0.3 is 9.88 Å². The van der Waals surface area contributed by atoms with Gasteiger partial charge >= 0.3 is 0 Å². The van der Waals surface area contributed by atoms with Gasteiger partial charge in [0, 0.05) is 29.9 Å². The van der Waals surface area contributed by atoms with E-state index >= 15 is 0 Å². The Hall–Kier alpha value is -2.96. The molecular formula is C32H46N6O. The molecule has 2 fully saturated rings. The lowest BCUT2D eigenvalue weighted by atomic mass is 9.82. The van der Waals surface area contributed by atoms with Crippen LogP contribution in [-0.4, -0.2) is 37.6 Å². The minimum Gasteiger partial charge on any atom is -0.351 e. The van der Waals surface area contributed by atoms with Crippen molar-refractivity contribution in [2.24, 2.45) is 5.92 Å². The van der Waals surface area contributed by atoms with Gasteiger partial charge in [-0.1, -0.05) is 66.9 Å². The number of nitrogens with one attached hydrogen (secondary N) is 2. The van der Waals surface area contributed by atoms with E-state index < -0.39 is 5.41 Å². The van der Waals surface area contributed by atoms with E-state index in [4.69, 9.17) is 0 Å². The lowest BCUT2D eigenvalue weighted by Crippen LogP contribution is -2.37. The molecule has 5 rings (SSSR count). The Morgan fingerprint density at radius 3 is 2.41 bits per heavy atom. The zero-order valence-electron chi connectivity index (χ0n) is 24.9. The summed E-state index contributed by atoms with van der Waals surface area (Å²) in [6.45, 7) is 16.8. The monoisotopic (exact) mass is 530 g/mol. The van der Waals surface area contributed by atoms with E-state index in [1.165, 1.54) is 67.3 Å². The molecule has 2 aromatic heterocycles. The fraction of sp³-hybridized carbons (Fsp3) is 0.625. The highest BCUT2D eigenvalue weighted by Gasteiger charge is 2.40. The van der Waals surface area contributed by atoms with Crippen LogP contribution in [0.2, 0.25) is 0 Å². The molecule has 3 aromatic rings. The minimum absolute atomic E-state index is 0.0435. The first-order chi connectivity index (χ1) is 18.4. The second-order valence-corrected chi connectivity index (χ2v) is 14.1. The molecule has 39 heavy (non-hydrogen) atoms. The van der Waals surface area contributed by atoms with Crippen molar-refractivity contribution in [1.82, 2.24) is 30.5 Å². The summed E-state index contributed by atoms with van der Waals surface area (Å²) in [7, 11) is 0. The van der Waals surface area contributed by atoms with Crippen LogP contribution in [0, 0.1) is 12.8 Å². The van der Waals surface area contributed by atoms with Crippen LogP contribution in [0.15, 0.2) is 24.3 Å². The van der Waals surface area contributed by atoms with Crippen LogP contribution in [0.4, 0.5) is 0 Å². The van der Waals surface area contributed by atoms with Gasteiger partial charge in [0.05, 0.1) is 5.56 Å². The summed E-state index contributed by atoms with van der Waals surface area (Å²) in [5.74, 6) is 1.27. The second kappa shape index (κ2) is 10.2. The van der Waals surface area contributed by atoms with E-state index in [-0.39, 0.29) is 16.7 Å². The number of hydrogen-bond acceptors (Lipinski definition) is 4. The van der Waals surface area contributed by atoms with E-state index in [1.807, 2.05) is 13.8 Å². The number of aromatic amines is 1. The van der Waals surface area contributed by atoms with Gasteiger partial charge in [0.15, 0.2) is 5.82 Å². The van der Waals surface area contributed by atoms with Gasteiger partial charge in [-0.25, -0.2) is 5.10 Å². The Bertz CT molecular complexity index is 1290. The maximum Gasteiger partial charge on any atom is 0.253 e. The molecule has 2 heterocycles. The first-order valence-corrected chi connectivity index (χ1v) is 14.8. The molecule has 2 aliphatic carbocycles. The fourth-order valence-corrected chi connectivity index (χ4v) is 5.94. The van der Waals surface area contributed by atoms with Crippen LogP contribution in [0.25, 0.3) is 11.3 Å². The highest BCUT2D eigenvalue weighted by atomic mass is 16.1. The Morgan fingerprint density at radius 2 is 1.79 bits per heavy atom. The van der Waals surface area contributed by atoms with Crippen molar-refractivity contribution in [2.45, 2.75) is 116 Å².